The van der Waals surface area contributed by atoms with E-state index in [4.69, 9.17) is 19.4 Å². The van der Waals surface area contributed by atoms with Gasteiger partial charge in [-0.25, -0.2) is 4.98 Å². The summed E-state index contributed by atoms with van der Waals surface area (Å²) in [5, 5.41) is 3.59. The van der Waals surface area contributed by atoms with E-state index in [-0.39, 0.29) is 6.10 Å². The summed E-state index contributed by atoms with van der Waals surface area (Å²) in [4.78, 5) is 12.9. The van der Waals surface area contributed by atoms with E-state index in [2.05, 4.69) is 28.4 Å². The van der Waals surface area contributed by atoms with Gasteiger partial charge < -0.3 is 19.7 Å². The SMILES string of the molecule is O=S1CCc2nc(N3CCC(Oc4ccc5c(c4)CCCCC5)CC3)nc(NC3CCOCC3)c21. The highest BCUT2D eigenvalue weighted by molar-refractivity contribution is 7.85. The van der Waals surface area contributed by atoms with Crippen molar-refractivity contribution in [2.24, 2.45) is 0 Å². The first-order chi connectivity index (χ1) is 17.2. The molecule has 4 aliphatic rings. The predicted molar refractivity (Wildman–Crippen MR) is 138 cm³/mol. The summed E-state index contributed by atoms with van der Waals surface area (Å²) >= 11 is 0. The minimum absolute atomic E-state index is 0.219. The molecule has 1 atom stereocenters. The van der Waals surface area contributed by atoms with Crippen molar-refractivity contribution >= 4 is 22.6 Å². The zero-order valence-electron chi connectivity index (χ0n) is 20.5. The van der Waals surface area contributed by atoms with Gasteiger partial charge in [-0.2, -0.15) is 4.98 Å². The molecule has 0 amide bonds. The highest BCUT2D eigenvalue weighted by Gasteiger charge is 2.30. The van der Waals surface area contributed by atoms with Crippen LogP contribution in [-0.2, 0) is 34.8 Å². The Bertz CT molecular complexity index is 1080. The normalized spacial score (nSPS) is 23.4. The molecule has 188 valence electrons. The molecule has 0 spiro atoms. The van der Waals surface area contributed by atoms with Gasteiger partial charge in [0.2, 0.25) is 5.95 Å². The van der Waals surface area contributed by atoms with Crippen LogP contribution in [0.2, 0.25) is 0 Å². The van der Waals surface area contributed by atoms with Gasteiger partial charge in [0, 0.05) is 57.4 Å². The Labute approximate surface area is 210 Å². The van der Waals surface area contributed by atoms with E-state index in [1.165, 1.54) is 43.2 Å². The standard InChI is InChI=1S/C27H36N4O3S/c32-35-17-12-24-25(35)26(28-21-10-15-33-16-11-21)30-27(29-24)31-13-8-22(9-14-31)34-23-7-6-19-4-2-1-3-5-20(19)18-23/h6-7,18,21-22H,1-5,8-17H2,(H,28,29,30). The third-order valence-corrected chi connectivity index (χ3v) is 9.29. The van der Waals surface area contributed by atoms with Gasteiger partial charge in [0.1, 0.15) is 22.6 Å². The zero-order chi connectivity index (χ0) is 23.6. The van der Waals surface area contributed by atoms with Crippen LogP contribution < -0.4 is 15.0 Å². The Morgan fingerprint density at radius 1 is 0.971 bits per heavy atom. The van der Waals surface area contributed by atoms with Gasteiger partial charge in [0.15, 0.2) is 0 Å². The predicted octanol–water partition coefficient (Wildman–Crippen LogP) is 4.05. The van der Waals surface area contributed by atoms with Gasteiger partial charge in [-0.15, -0.1) is 0 Å². The number of piperidine rings is 1. The van der Waals surface area contributed by atoms with Crippen molar-refractivity contribution in [3.05, 3.63) is 35.0 Å². The summed E-state index contributed by atoms with van der Waals surface area (Å²) in [7, 11) is -1.01. The van der Waals surface area contributed by atoms with Crippen LogP contribution in [0.25, 0.3) is 0 Å². The Balaban J connectivity index is 1.12. The molecule has 0 bridgehead atoms. The van der Waals surface area contributed by atoms with Crippen molar-refractivity contribution in [1.82, 2.24) is 9.97 Å². The number of ether oxygens (including phenoxy) is 2. The number of nitrogens with zero attached hydrogens (tertiary/aromatic N) is 3. The zero-order valence-corrected chi connectivity index (χ0v) is 21.3. The second-order valence-electron chi connectivity index (χ2n) is 10.3. The Morgan fingerprint density at radius 3 is 2.60 bits per heavy atom. The number of fused-ring (bicyclic) bond motifs is 2. The first-order valence-corrected chi connectivity index (χ1v) is 14.7. The average Bonchev–Trinajstić information content (AvgIpc) is 3.11. The van der Waals surface area contributed by atoms with E-state index in [9.17, 15) is 4.21 Å². The molecule has 3 aliphatic heterocycles. The number of aromatic nitrogens is 2. The van der Waals surface area contributed by atoms with E-state index >= 15 is 0 Å². The third-order valence-electron chi connectivity index (χ3n) is 7.84. The number of hydrogen-bond donors (Lipinski definition) is 1. The molecular formula is C27H36N4O3S. The fourth-order valence-electron chi connectivity index (χ4n) is 5.78. The van der Waals surface area contributed by atoms with Crippen molar-refractivity contribution in [3.63, 3.8) is 0 Å². The molecular weight excluding hydrogens is 460 g/mol. The molecule has 0 saturated carbocycles. The molecule has 1 unspecified atom stereocenters. The molecule has 4 heterocycles. The first kappa shape index (κ1) is 23.2. The van der Waals surface area contributed by atoms with Crippen LogP contribution in [0, 0.1) is 0 Å². The van der Waals surface area contributed by atoms with E-state index in [0.29, 0.717) is 11.8 Å². The molecule has 2 aromatic rings. The molecule has 2 saturated heterocycles. The highest BCUT2D eigenvalue weighted by atomic mass is 32.2. The first-order valence-electron chi connectivity index (χ1n) is 13.4. The maximum Gasteiger partial charge on any atom is 0.227 e. The summed E-state index contributed by atoms with van der Waals surface area (Å²) in [6.07, 6.45) is 11.1. The molecule has 0 radical (unpaired) electrons. The maximum atomic E-state index is 12.7. The molecule has 2 fully saturated rings. The summed E-state index contributed by atoms with van der Waals surface area (Å²) in [6, 6.07) is 7.04. The monoisotopic (exact) mass is 496 g/mol. The minimum Gasteiger partial charge on any atom is -0.490 e. The van der Waals surface area contributed by atoms with Crippen LogP contribution in [0.5, 0.6) is 5.75 Å². The van der Waals surface area contributed by atoms with Crippen molar-refractivity contribution in [1.29, 1.82) is 0 Å². The molecule has 35 heavy (non-hydrogen) atoms. The van der Waals surface area contributed by atoms with Gasteiger partial charge in [-0.05, 0) is 61.8 Å². The second-order valence-corrected chi connectivity index (χ2v) is 11.8. The number of anilines is 2. The summed E-state index contributed by atoms with van der Waals surface area (Å²) in [5.74, 6) is 3.20. The topological polar surface area (TPSA) is 76.6 Å². The second kappa shape index (κ2) is 10.4. The third kappa shape index (κ3) is 5.19. The summed E-state index contributed by atoms with van der Waals surface area (Å²) in [5.41, 5.74) is 3.93. The van der Waals surface area contributed by atoms with E-state index in [1.54, 1.807) is 0 Å². The molecule has 6 rings (SSSR count). The molecule has 1 aromatic heterocycles. The Hall–Kier alpha value is -2.19. The number of hydrogen-bond acceptors (Lipinski definition) is 7. The van der Waals surface area contributed by atoms with Gasteiger partial charge in [-0.3, -0.25) is 4.21 Å². The van der Waals surface area contributed by atoms with Crippen molar-refractivity contribution in [2.75, 3.05) is 42.3 Å². The summed E-state index contributed by atoms with van der Waals surface area (Å²) < 4.78 is 24.6. The Kier molecular flexibility index (Phi) is 6.92. The van der Waals surface area contributed by atoms with Crippen LogP contribution in [0.1, 0.15) is 61.8 Å². The smallest absolute Gasteiger partial charge is 0.227 e. The molecule has 1 N–H and O–H groups in total. The van der Waals surface area contributed by atoms with Gasteiger partial charge in [-0.1, -0.05) is 12.5 Å². The fourth-order valence-corrected chi connectivity index (χ4v) is 7.10. The van der Waals surface area contributed by atoms with Crippen molar-refractivity contribution in [2.45, 2.75) is 81.2 Å². The lowest BCUT2D eigenvalue weighted by molar-refractivity contribution is 0.0903. The van der Waals surface area contributed by atoms with Crippen LogP contribution in [0.15, 0.2) is 23.1 Å². The van der Waals surface area contributed by atoms with E-state index in [1.807, 2.05) is 0 Å². The molecule has 1 aromatic carbocycles. The van der Waals surface area contributed by atoms with Crippen molar-refractivity contribution in [3.8, 4) is 5.75 Å². The molecule has 1 aliphatic carbocycles. The van der Waals surface area contributed by atoms with Gasteiger partial charge in [0.25, 0.3) is 0 Å². The van der Waals surface area contributed by atoms with Crippen LogP contribution in [0.4, 0.5) is 11.8 Å². The highest BCUT2D eigenvalue weighted by Crippen LogP contribution is 2.32. The average molecular weight is 497 g/mol. The number of nitrogens with one attached hydrogen (secondary N) is 1. The number of rotatable bonds is 5. The van der Waals surface area contributed by atoms with Crippen LogP contribution in [0.3, 0.4) is 0 Å². The van der Waals surface area contributed by atoms with Crippen LogP contribution >= 0.6 is 0 Å². The minimum atomic E-state index is -1.01. The van der Waals surface area contributed by atoms with Gasteiger partial charge >= 0.3 is 0 Å². The number of aryl methyl sites for hydroxylation is 3. The maximum absolute atomic E-state index is 12.7. The Morgan fingerprint density at radius 2 is 1.77 bits per heavy atom. The van der Waals surface area contributed by atoms with E-state index in [0.717, 1.165) is 86.5 Å². The van der Waals surface area contributed by atoms with Crippen LogP contribution in [-0.4, -0.2) is 58.4 Å². The lowest BCUT2D eigenvalue weighted by Gasteiger charge is -2.33. The fraction of sp³-hybridized carbons (Fsp3) is 0.630. The van der Waals surface area contributed by atoms with Crippen molar-refractivity contribution < 1.29 is 13.7 Å². The number of benzene rings is 1. The quantitative estimate of drug-likeness (QED) is 0.626. The van der Waals surface area contributed by atoms with E-state index < -0.39 is 10.8 Å². The molecule has 8 heteroatoms. The largest absolute Gasteiger partial charge is 0.490 e. The van der Waals surface area contributed by atoms with Gasteiger partial charge in [0.05, 0.1) is 16.5 Å². The summed E-state index contributed by atoms with van der Waals surface area (Å²) in [6.45, 7) is 3.26. The lowest BCUT2D eigenvalue weighted by atomic mass is 10.0. The molecule has 7 nitrogen and oxygen atoms in total. The lowest BCUT2D eigenvalue weighted by Crippen LogP contribution is -2.39.